The van der Waals surface area contributed by atoms with Gasteiger partial charge in [0, 0.05) is 25.3 Å². The van der Waals surface area contributed by atoms with Crippen LogP contribution < -0.4 is 4.90 Å². The Hall–Kier alpha value is -1.46. The average molecular weight is 306 g/mol. The van der Waals surface area contributed by atoms with Crippen LogP contribution in [0.25, 0.3) is 0 Å². The van der Waals surface area contributed by atoms with Gasteiger partial charge in [-0.15, -0.1) is 0 Å². The van der Waals surface area contributed by atoms with E-state index in [-0.39, 0.29) is 30.0 Å². The van der Waals surface area contributed by atoms with Crippen LogP contribution in [0.1, 0.15) is 26.7 Å². The lowest BCUT2D eigenvalue weighted by Gasteiger charge is -2.39. The molecule has 0 bridgehead atoms. The Bertz CT molecular complexity index is 534. The summed E-state index contributed by atoms with van der Waals surface area (Å²) in [5, 5.41) is 0. The summed E-state index contributed by atoms with van der Waals surface area (Å²) in [6.45, 7) is 6.48. The molecule has 22 heavy (non-hydrogen) atoms. The summed E-state index contributed by atoms with van der Waals surface area (Å²) in [6.07, 6.45) is 2.14. The van der Waals surface area contributed by atoms with Gasteiger partial charge in [0.2, 0.25) is 5.91 Å². The molecular weight excluding hydrogens is 283 g/mol. The molecule has 2 saturated heterocycles. The van der Waals surface area contributed by atoms with Crippen molar-refractivity contribution in [1.82, 2.24) is 4.90 Å². The number of carbonyl (C=O) groups excluding carboxylic acids is 1. The van der Waals surface area contributed by atoms with E-state index in [2.05, 4.69) is 18.7 Å². The first kappa shape index (κ1) is 15.4. The molecule has 0 aliphatic carbocycles. The van der Waals surface area contributed by atoms with Crippen LogP contribution >= 0.6 is 0 Å². The molecule has 2 aliphatic heterocycles. The molecule has 2 aliphatic rings. The second kappa shape index (κ2) is 6.34. The van der Waals surface area contributed by atoms with Crippen molar-refractivity contribution in [2.45, 2.75) is 44.9 Å². The van der Waals surface area contributed by atoms with E-state index < -0.39 is 0 Å². The van der Waals surface area contributed by atoms with Crippen LogP contribution in [0.3, 0.4) is 0 Å². The first-order chi connectivity index (χ1) is 10.6. The van der Waals surface area contributed by atoms with E-state index in [9.17, 15) is 9.18 Å². The number of rotatable bonds is 3. The minimum atomic E-state index is -0.278. The van der Waals surface area contributed by atoms with Gasteiger partial charge in [-0.2, -0.15) is 0 Å². The van der Waals surface area contributed by atoms with Crippen LogP contribution in [-0.2, 0) is 9.53 Å². The van der Waals surface area contributed by atoms with Gasteiger partial charge in [0.25, 0.3) is 0 Å². The fourth-order valence-electron chi connectivity index (χ4n) is 3.44. The highest BCUT2D eigenvalue weighted by atomic mass is 19.1. The molecule has 4 nitrogen and oxygen atoms in total. The van der Waals surface area contributed by atoms with Gasteiger partial charge >= 0.3 is 0 Å². The summed E-state index contributed by atoms with van der Waals surface area (Å²) in [4.78, 5) is 16.8. The average Bonchev–Trinajstić information content (AvgIpc) is 2.89. The molecule has 3 unspecified atom stereocenters. The SMILES string of the molecule is CCC1CN(C2CCN(c3ccc(F)cc3)C2=O)CC(C)O1. The summed E-state index contributed by atoms with van der Waals surface area (Å²) in [6, 6.07) is 6.07. The summed E-state index contributed by atoms with van der Waals surface area (Å²) in [7, 11) is 0. The topological polar surface area (TPSA) is 32.8 Å². The summed E-state index contributed by atoms with van der Waals surface area (Å²) in [5.41, 5.74) is 0.780. The highest BCUT2D eigenvalue weighted by Gasteiger charge is 2.39. The first-order valence-corrected chi connectivity index (χ1v) is 8.05. The van der Waals surface area contributed by atoms with Crippen LogP contribution in [0.4, 0.5) is 10.1 Å². The molecule has 3 rings (SSSR count). The molecule has 1 aromatic rings. The van der Waals surface area contributed by atoms with E-state index in [0.717, 1.165) is 31.6 Å². The minimum absolute atomic E-state index is 0.0783. The van der Waals surface area contributed by atoms with Gasteiger partial charge in [-0.25, -0.2) is 4.39 Å². The number of benzene rings is 1. The molecule has 1 amide bonds. The number of halogens is 1. The molecule has 5 heteroatoms. The Kier molecular flexibility index (Phi) is 4.45. The lowest BCUT2D eigenvalue weighted by molar-refractivity contribution is -0.128. The van der Waals surface area contributed by atoms with E-state index in [1.165, 1.54) is 12.1 Å². The van der Waals surface area contributed by atoms with E-state index in [4.69, 9.17) is 4.74 Å². The number of ether oxygens (including phenoxy) is 1. The van der Waals surface area contributed by atoms with Crippen LogP contribution in [0.15, 0.2) is 24.3 Å². The summed E-state index contributed by atoms with van der Waals surface area (Å²) in [5.74, 6) is -0.157. The minimum Gasteiger partial charge on any atom is -0.373 e. The van der Waals surface area contributed by atoms with Crippen LogP contribution in [-0.4, -0.2) is 48.7 Å². The normalized spacial score (nSPS) is 30.0. The highest BCUT2D eigenvalue weighted by Crippen LogP contribution is 2.27. The standard InChI is InChI=1S/C17H23FN2O2/c1-3-15-11-19(10-12(2)22-15)16-8-9-20(17(16)21)14-6-4-13(18)5-7-14/h4-7,12,15-16H,3,8-11H2,1-2H3. The number of carbonyl (C=O) groups is 1. The van der Waals surface area contributed by atoms with Crippen molar-refractivity contribution >= 4 is 11.6 Å². The van der Waals surface area contributed by atoms with Gasteiger partial charge in [-0.05, 0) is 44.0 Å². The van der Waals surface area contributed by atoms with E-state index in [1.807, 2.05) is 0 Å². The third-order valence-electron chi connectivity index (χ3n) is 4.57. The van der Waals surface area contributed by atoms with Gasteiger partial charge in [0.15, 0.2) is 0 Å². The monoisotopic (exact) mass is 306 g/mol. The number of amides is 1. The maximum atomic E-state index is 13.0. The maximum Gasteiger partial charge on any atom is 0.244 e. The first-order valence-electron chi connectivity index (χ1n) is 8.05. The van der Waals surface area contributed by atoms with E-state index >= 15 is 0 Å². The zero-order valence-corrected chi connectivity index (χ0v) is 13.2. The van der Waals surface area contributed by atoms with Crippen LogP contribution in [0.5, 0.6) is 0 Å². The number of hydrogen-bond acceptors (Lipinski definition) is 3. The zero-order valence-electron chi connectivity index (χ0n) is 13.2. The Labute approximate surface area is 130 Å². The van der Waals surface area contributed by atoms with E-state index in [1.54, 1.807) is 17.0 Å². The molecule has 0 spiro atoms. The number of hydrogen-bond donors (Lipinski definition) is 0. The fraction of sp³-hybridized carbons (Fsp3) is 0.588. The lowest BCUT2D eigenvalue weighted by atomic mass is 10.1. The molecule has 0 N–H and O–H groups in total. The largest absolute Gasteiger partial charge is 0.373 e. The van der Waals surface area contributed by atoms with Crippen molar-refractivity contribution in [2.24, 2.45) is 0 Å². The van der Waals surface area contributed by atoms with Gasteiger partial charge in [-0.1, -0.05) is 6.92 Å². The smallest absolute Gasteiger partial charge is 0.244 e. The highest BCUT2D eigenvalue weighted by molar-refractivity contribution is 5.99. The molecular formula is C17H23FN2O2. The Balaban J connectivity index is 1.71. The second-order valence-corrected chi connectivity index (χ2v) is 6.20. The van der Waals surface area contributed by atoms with Crippen molar-refractivity contribution in [3.05, 3.63) is 30.1 Å². The van der Waals surface area contributed by atoms with Crippen molar-refractivity contribution in [2.75, 3.05) is 24.5 Å². The quantitative estimate of drug-likeness (QED) is 0.860. The van der Waals surface area contributed by atoms with Crippen LogP contribution in [0, 0.1) is 5.82 Å². The van der Waals surface area contributed by atoms with Crippen molar-refractivity contribution < 1.29 is 13.9 Å². The third kappa shape index (κ3) is 3.01. The molecule has 1 aromatic carbocycles. The third-order valence-corrected chi connectivity index (χ3v) is 4.57. The molecule has 0 aromatic heterocycles. The Morgan fingerprint density at radius 1 is 1.27 bits per heavy atom. The van der Waals surface area contributed by atoms with Gasteiger partial charge in [0.1, 0.15) is 5.82 Å². The van der Waals surface area contributed by atoms with E-state index in [0.29, 0.717) is 6.54 Å². The Morgan fingerprint density at radius 3 is 2.68 bits per heavy atom. The number of morpholine rings is 1. The summed E-state index contributed by atoms with van der Waals surface area (Å²) >= 11 is 0. The summed E-state index contributed by atoms with van der Waals surface area (Å²) < 4.78 is 18.9. The molecule has 0 saturated carbocycles. The molecule has 3 atom stereocenters. The van der Waals surface area contributed by atoms with Crippen LogP contribution in [0.2, 0.25) is 0 Å². The molecule has 120 valence electrons. The predicted molar refractivity (Wildman–Crippen MR) is 83.4 cm³/mol. The maximum absolute atomic E-state index is 13.0. The van der Waals surface area contributed by atoms with Gasteiger partial charge in [0.05, 0.1) is 18.2 Å². The zero-order chi connectivity index (χ0) is 15.7. The second-order valence-electron chi connectivity index (χ2n) is 6.20. The lowest BCUT2D eigenvalue weighted by Crippen LogP contribution is -2.53. The number of anilines is 1. The Morgan fingerprint density at radius 2 is 2.00 bits per heavy atom. The van der Waals surface area contributed by atoms with Crippen molar-refractivity contribution in [1.29, 1.82) is 0 Å². The van der Waals surface area contributed by atoms with Gasteiger partial charge < -0.3 is 9.64 Å². The van der Waals surface area contributed by atoms with Crippen molar-refractivity contribution in [3.63, 3.8) is 0 Å². The predicted octanol–water partition coefficient (Wildman–Crippen LogP) is 2.43. The molecule has 2 fully saturated rings. The number of nitrogens with zero attached hydrogens (tertiary/aromatic N) is 2. The molecule has 2 heterocycles. The molecule has 0 radical (unpaired) electrons. The van der Waals surface area contributed by atoms with Gasteiger partial charge in [-0.3, -0.25) is 9.69 Å². The fourth-order valence-corrected chi connectivity index (χ4v) is 3.44. The van der Waals surface area contributed by atoms with Crippen molar-refractivity contribution in [3.8, 4) is 0 Å².